The molecular formula is C15H23NO. The minimum Gasteiger partial charge on any atom is -0.508 e. The molecule has 0 amide bonds. The number of benzene rings is 1. The van der Waals surface area contributed by atoms with Crippen molar-refractivity contribution in [3.05, 3.63) is 29.3 Å². The summed E-state index contributed by atoms with van der Waals surface area (Å²) >= 11 is 0. The van der Waals surface area contributed by atoms with Gasteiger partial charge in [-0.1, -0.05) is 31.0 Å². The van der Waals surface area contributed by atoms with Gasteiger partial charge in [-0.05, 0) is 38.7 Å². The summed E-state index contributed by atoms with van der Waals surface area (Å²) in [5.41, 5.74) is 2.22. The summed E-state index contributed by atoms with van der Waals surface area (Å²) in [6, 6.07) is 6.71. The highest BCUT2D eigenvalue weighted by molar-refractivity contribution is 5.37. The van der Waals surface area contributed by atoms with Gasteiger partial charge in [-0.2, -0.15) is 0 Å². The molecule has 17 heavy (non-hydrogen) atoms. The van der Waals surface area contributed by atoms with Crippen LogP contribution in [0.1, 0.15) is 50.3 Å². The molecule has 1 fully saturated rings. The van der Waals surface area contributed by atoms with Crippen LogP contribution >= 0.6 is 0 Å². The molecule has 2 nitrogen and oxygen atoms in total. The Morgan fingerprint density at radius 3 is 2.94 bits per heavy atom. The standard InChI is InChI=1S/C15H23NO/c1-4-5-12-9-14(12)16-11(3)13-8-10(2)6-7-15(13)17/h6-8,11-12,14,16-17H,4-5,9H2,1-3H3. The first-order valence-electron chi connectivity index (χ1n) is 6.67. The van der Waals surface area contributed by atoms with Crippen molar-refractivity contribution in [3.63, 3.8) is 0 Å². The van der Waals surface area contributed by atoms with E-state index in [1.807, 2.05) is 6.07 Å². The van der Waals surface area contributed by atoms with Crippen molar-refractivity contribution in [1.82, 2.24) is 5.32 Å². The molecule has 1 aromatic carbocycles. The van der Waals surface area contributed by atoms with Crippen molar-refractivity contribution in [3.8, 4) is 5.75 Å². The van der Waals surface area contributed by atoms with Gasteiger partial charge in [-0.25, -0.2) is 0 Å². The van der Waals surface area contributed by atoms with E-state index in [0.717, 1.165) is 11.5 Å². The van der Waals surface area contributed by atoms with E-state index in [0.29, 0.717) is 11.8 Å². The zero-order valence-corrected chi connectivity index (χ0v) is 11.0. The average Bonchev–Trinajstić information content (AvgIpc) is 3.00. The van der Waals surface area contributed by atoms with Crippen LogP contribution in [0.15, 0.2) is 18.2 Å². The Bertz CT molecular complexity index is 389. The summed E-state index contributed by atoms with van der Waals surface area (Å²) in [6.07, 6.45) is 3.89. The minimum atomic E-state index is 0.238. The summed E-state index contributed by atoms with van der Waals surface area (Å²) in [5, 5.41) is 13.5. The van der Waals surface area contributed by atoms with Crippen LogP contribution in [-0.2, 0) is 0 Å². The molecule has 1 saturated carbocycles. The molecule has 1 aliphatic carbocycles. The first-order chi connectivity index (χ1) is 8.11. The third-order valence-electron chi connectivity index (χ3n) is 3.70. The summed E-state index contributed by atoms with van der Waals surface area (Å²) in [5.74, 6) is 1.26. The van der Waals surface area contributed by atoms with Gasteiger partial charge in [0.2, 0.25) is 0 Å². The summed E-state index contributed by atoms with van der Waals surface area (Å²) in [7, 11) is 0. The molecule has 0 aliphatic heterocycles. The third kappa shape index (κ3) is 3.01. The van der Waals surface area contributed by atoms with Gasteiger partial charge in [0.1, 0.15) is 5.75 Å². The van der Waals surface area contributed by atoms with Gasteiger partial charge in [0.15, 0.2) is 0 Å². The van der Waals surface area contributed by atoms with E-state index in [4.69, 9.17) is 0 Å². The van der Waals surface area contributed by atoms with Crippen LogP contribution in [0, 0.1) is 12.8 Å². The van der Waals surface area contributed by atoms with E-state index in [1.54, 1.807) is 6.07 Å². The second-order valence-electron chi connectivity index (χ2n) is 5.34. The first-order valence-corrected chi connectivity index (χ1v) is 6.67. The topological polar surface area (TPSA) is 32.3 Å². The highest BCUT2D eigenvalue weighted by Crippen LogP contribution is 2.37. The summed E-state index contributed by atoms with van der Waals surface area (Å²) in [4.78, 5) is 0. The van der Waals surface area contributed by atoms with Gasteiger partial charge >= 0.3 is 0 Å². The van der Waals surface area contributed by atoms with E-state index >= 15 is 0 Å². The second kappa shape index (κ2) is 5.09. The fourth-order valence-corrected chi connectivity index (χ4v) is 2.57. The molecular weight excluding hydrogens is 210 g/mol. The van der Waals surface area contributed by atoms with Crippen LogP contribution in [0.3, 0.4) is 0 Å². The molecule has 94 valence electrons. The van der Waals surface area contributed by atoms with Crippen molar-refractivity contribution in [1.29, 1.82) is 0 Å². The molecule has 0 saturated heterocycles. The van der Waals surface area contributed by atoms with Crippen molar-refractivity contribution < 1.29 is 5.11 Å². The lowest BCUT2D eigenvalue weighted by molar-refractivity contribution is 0.448. The summed E-state index contributed by atoms with van der Waals surface area (Å²) in [6.45, 7) is 6.44. The van der Waals surface area contributed by atoms with Crippen molar-refractivity contribution in [2.75, 3.05) is 0 Å². The molecule has 3 unspecified atom stereocenters. The van der Waals surface area contributed by atoms with Gasteiger partial charge in [0.25, 0.3) is 0 Å². The molecule has 2 heteroatoms. The Balaban J connectivity index is 1.96. The Hall–Kier alpha value is -1.02. The first kappa shape index (κ1) is 12.4. The van der Waals surface area contributed by atoms with E-state index in [2.05, 4.69) is 32.2 Å². The number of phenols is 1. The van der Waals surface area contributed by atoms with Crippen molar-refractivity contribution in [2.45, 2.75) is 52.1 Å². The lowest BCUT2D eigenvalue weighted by atomic mass is 10.0. The highest BCUT2D eigenvalue weighted by atomic mass is 16.3. The fraction of sp³-hybridized carbons (Fsp3) is 0.600. The SMILES string of the molecule is CCCC1CC1NC(C)c1cc(C)ccc1O. The van der Waals surface area contributed by atoms with Crippen molar-refractivity contribution >= 4 is 0 Å². The van der Waals surface area contributed by atoms with E-state index < -0.39 is 0 Å². The highest BCUT2D eigenvalue weighted by Gasteiger charge is 2.36. The maximum atomic E-state index is 9.87. The number of aryl methyl sites for hydroxylation is 1. The monoisotopic (exact) mass is 233 g/mol. The van der Waals surface area contributed by atoms with E-state index in [9.17, 15) is 5.11 Å². The fourth-order valence-electron chi connectivity index (χ4n) is 2.57. The van der Waals surface area contributed by atoms with Crippen LogP contribution in [0.2, 0.25) is 0 Å². The van der Waals surface area contributed by atoms with Gasteiger partial charge in [-0.15, -0.1) is 0 Å². The number of rotatable bonds is 5. The zero-order chi connectivity index (χ0) is 12.4. The lowest BCUT2D eigenvalue weighted by Crippen LogP contribution is -2.22. The molecule has 1 aromatic rings. The molecule has 0 radical (unpaired) electrons. The number of phenolic OH excluding ortho intramolecular Hbond substituents is 1. The second-order valence-corrected chi connectivity index (χ2v) is 5.34. The number of hydrogen-bond acceptors (Lipinski definition) is 2. The molecule has 0 bridgehead atoms. The zero-order valence-electron chi connectivity index (χ0n) is 11.0. The minimum absolute atomic E-state index is 0.238. The third-order valence-corrected chi connectivity index (χ3v) is 3.70. The molecule has 0 heterocycles. The largest absolute Gasteiger partial charge is 0.508 e. The Labute approximate surface area is 104 Å². The van der Waals surface area contributed by atoms with Crippen LogP contribution in [0.5, 0.6) is 5.75 Å². The van der Waals surface area contributed by atoms with Crippen LogP contribution in [0.25, 0.3) is 0 Å². The molecule has 0 spiro atoms. The molecule has 3 atom stereocenters. The van der Waals surface area contributed by atoms with Crippen LogP contribution in [-0.4, -0.2) is 11.1 Å². The van der Waals surface area contributed by atoms with Gasteiger partial charge in [0, 0.05) is 17.6 Å². The van der Waals surface area contributed by atoms with E-state index in [-0.39, 0.29) is 6.04 Å². The molecule has 1 aliphatic rings. The Morgan fingerprint density at radius 1 is 1.47 bits per heavy atom. The normalized spacial score (nSPS) is 24.6. The van der Waals surface area contributed by atoms with E-state index in [1.165, 1.54) is 24.8 Å². The number of aromatic hydroxyl groups is 1. The van der Waals surface area contributed by atoms with Gasteiger partial charge in [-0.3, -0.25) is 0 Å². The Kier molecular flexibility index (Phi) is 3.72. The summed E-state index contributed by atoms with van der Waals surface area (Å²) < 4.78 is 0. The van der Waals surface area contributed by atoms with Gasteiger partial charge in [0.05, 0.1) is 0 Å². The van der Waals surface area contributed by atoms with Crippen LogP contribution < -0.4 is 5.32 Å². The average molecular weight is 233 g/mol. The molecule has 2 rings (SSSR count). The maximum Gasteiger partial charge on any atom is 0.120 e. The molecule has 2 N–H and O–H groups in total. The lowest BCUT2D eigenvalue weighted by Gasteiger charge is -2.16. The quantitative estimate of drug-likeness (QED) is 0.815. The predicted octanol–water partition coefficient (Wildman–Crippen LogP) is 3.54. The number of nitrogens with one attached hydrogen (secondary N) is 1. The smallest absolute Gasteiger partial charge is 0.120 e. The molecule has 0 aromatic heterocycles. The maximum absolute atomic E-state index is 9.87. The van der Waals surface area contributed by atoms with Gasteiger partial charge < -0.3 is 10.4 Å². The Morgan fingerprint density at radius 2 is 2.24 bits per heavy atom. The van der Waals surface area contributed by atoms with Crippen LogP contribution in [0.4, 0.5) is 0 Å². The predicted molar refractivity (Wildman–Crippen MR) is 71.2 cm³/mol. The number of hydrogen-bond donors (Lipinski definition) is 2. The van der Waals surface area contributed by atoms with Crippen molar-refractivity contribution in [2.24, 2.45) is 5.92 Å².